The molecule has 6 heteroatoms. The number of fused-ring (bicyclic) bond motifs is 1. The van der Waals surface area contributed by atoms with Crippen LogP contribution in [-0.4, -0.2) is 70.5 Å². The zero-order valence-electron chi connectivity index (χ0n) is 16.2. The summed E-state index contributed by atoms with van der Waals surface area (Å²) in [7, 11) is 0. The fourth-order valence-corrected chi connectivity index (χ4v) is 4.84. The van der Waals surface area contributed by atoms with Crippen LogP contribution < -0.4 is 4.74 Å². The van der Waals surface area contributed by atoms with Crippen molar-refractivity contribution >= 4 is 28.6 Å². The zero-order valence-corrected chi connectivity index (χ0v) is 17.1. The fourth-order valence-electron chi connectivity index (χ4n) is 3.93. The van der Waals surface area contributed by atoms with Crippen LogP contribution in [0.15, 0.2) is 24.3 Å². The minimum atomic E-state index is 0.107. The lowest BCUT2D eigenvalue weighted by atomic mass is 10.1. The summed E-state index contributed by atoms with van der Waals surface area (Å²) in [4.78, 5) is 20.5. The molecule has 1 aromatic heterocycles. The molecule has 4 rings (SSSR count). The van der Waals surface area contributed by atoms with Gasteiger partial charge in [-0.1, -0.05) is 0 Å². The topological polar surface area (TPSA) is 48.6 Å². The number of ether oxygens (including phenoxy) is 1. The maximum Gasteiger partial charge on any atom is 0.270 e. The van der Waals surface area contributed by atoms with Crippen molar-refractivity contribution in [2.75, 3.05) is 37.7 Å². The van der Waals surface area contributed by atoms with Crippen LogP contribution in [0.5, 0.6) is 5.75 Å². The van der Waals surface area contributed by atoms with E-state index in [1.54, 1.807) is 0 Å². The number of hydrogen-bond acceptors (Lipinski definition) is 4. The molecular formula is C21H29N3O2S. The average molecular weight is 388 g/mol. The van der Waals surface area contributed by atoms with Gasteiger partial charge in [-0.3, -0.25) is 4.79 Å². The summed E-state index contributed by atoms with van der Waals surface area (Å²) in [5, 5.41) is 1.06. The van der Waals surface area contributed by atoms with Crippen molar-refractivity contribution in [3.8, 4) is 5.75 Å². The number of aromatic amines is 1. The van der Waals surface area contributed by atoms with Gasteiger partial charge in [0.05, 0.1) is 0 Å². The minimum Gasteiger partial charge on any atom is -0.490 e. The Hall–Kier alpha value is -1.66. The second kappa shape index (κ2) is 8.15. The molecule has 27 heavy (non-hydrogen) atoms. The van der Waals surface area contributed by atoms with Crippen LogP contribution in [0.4, 0.5) is 0 Å². The molecule has 2 aliphatic heterocycles. The minimum absolute atomic E-state index is 0.107. The van der Waals surface area contributed by atoms with Crippen molar-refractivity contribution in [1.82, 2.24) is 14.8 Å². The van der Waals surface area contributed by atoms with E-state index in [9.17, 15) is 4.79 Å². The van der Waals surface area contributed by atoms with E-state index in [1.165, 1.54) is 0 Å². The summed E-state index contributed by atoms with van der Waals surface area (Å²) < 4.78 is 6.23. The quantitative estimate of drug-likeness (QED) is 0.871. The van der Waals surface area contributed by atoms with Crippen LogP contribution in [0.3, 0.4) is 0 Å². The molecule has 1 amide bonds. The van der Waals surface area contributed by atoms with Crippen molar-refractivity contribution < 1.29 is 9.53 Å². The molecule has 0 bridgehead atoms. The van der Waals surface area contributed by atoms with E-state index in [0.717, 1.165) is 67.2 Å². The molecule has 3 heterocycles. The van der Waals surface area contributed by atoms with Crippen molar-refractivity contribution in [3.05, 3.63) is 30.0 Å². The highest BCUT2D eigenvalue weighted by Gasteiger charge is 2.23. The number of nitrogens with one attached hydrogen (secondary N) is 1. The number of benzene rings is 1. The van der Waals surface area contributed by atoms with Crippen molar-refractivity contribution in [1.29, 1.82) is 0 Å². The number of rotatable bonds is 4. The summed E-state index contributed by atoms with van der Waals surface area (Å²) in [6, 6.07) is 8.68. The lowest BCUT2D eigenvalue weighted by Gasteiger charge is -2.34. The highest BCUT2D eigenvalue weighted by Crippen LogP contribution is 2.25. The molecule has 0 unspecified atom stereocenters. The number of thioether (sulfide) groups is 1. The molecule has 0 aliphatic carbocycles. The SMILES string of the molecule is CC(C)N1CCC(Oc2ccc3cc(C(=O)N4CCSCC4)[nH]c3c2)CC1. The van der Waals surface area contributed by atoms with Gasteiger partial charge in [-0.25, -0.2) is 0 Å². The molecular weight excluding hydrogens is 358 g/mol. The molecule has 2 fully saturated rings. The van der Waals surface area contributed by atoms with E-state index in [2.05, 4.69) is 23.7 Å². The first-order valence-corrected chi connectivity index (χ1v) is 11.2. The number of aromatic nitrogens is 1. The lowest BCUT2D eigenvalue weighted by Crippen LogP contribution is -2.41. The number of H-pyrrole nitrogens is 1. The van der Waals surface area contributed by atoms with Crippen molar-refractivity contribution in [2.45, 2.75) is 38.8 Å². The predicted molar refractivity (Wildman–Crippen MR) is 112 cm³/mol. The molecule has 1 aromatic carbocycles. The van der Waals surface area contributed by atoms with Gasteiger partial charge in [0.25, 0.3) is 5.91 Å². The van der Waals surface area contributed by atoms with E-state index in [0.29, 0.717) is 11.7 Å². The highest BCUT2D eigenvalue weighted by atomic mass is 32.2. The van der Waals surface area contributed by atoms with Gasteiger partial charge in [0.1, 0.15) is 17.5 Å². The van der Waals surface area contributed by atoms with Crippen LogP contribution in [0.1, 0.15) is 37.2 Å². The summed E-state index contributed by atoms with van der Waals surface area (Å²) in [5.74, 6) is 3.05. The van der Waals surface area contributed by atoms with Gasteiger partial charge >= 0.3 is 0 Å². The van der Waals surface area contributed by atoms with Gasteiger partial charge in [0, 0.05) is 60.7 Å². The molecule has 2 aliphatic rings. The molecule has 0 atom stereocenters. The Morgan fingerprint density at radius 2 is 1.89 bits per heavy atom. The van der Waals surface area contributed by atoms with Crippen LogP contribution >= 0.6 is 11.8 Å². The van der Waals surface area contributed by atoms with Crippen molar-refractivity contribution in [3.63, 3.8) is 0 Å². The number of piperidine rings is 1. The summed E-state index contributed by atoms with van der Waals surface area (Å²) in [6.45, 7) is 8.37. The third-order valence-electron chi connectivity index (χ3n) is 5.63. The van der Waals surface area contributed by atoms with E-state index < -0.39 is 0 Å². The van der Waals surface area contributed by atoms with Gasteiger partial charge in [0.2, 0.25) is 0 Å². The van der Waals surface area contributed by atoms with E-state index in [1.807, 2.05) is 40.9 Å². The molecule has 0 spiro atoms. The van der Waals surface area contributed by atoms with E-state index in [4.69, 9.17) is 4.74 Å². The number of amides is 1. The summed E-state index contributed by atoms with van der Waals surface area (Å²) in [6.07, 6.45) is 2.41. The number of carbonyl (C=O) groups is 1. The molecule has 0 saturated carbocycles. The Morgan fingerprint density at radius 1 is 1.15 bits per heavy atom. The number of carbonyl (C=O) groups excluding carboxylic acids is 1. The number of hydrogen-bond donors (Lipinski definition) is 1. The van der Waals surface area contributed by atoms with Gasteiger partial charge < -0.3 is 19.5 Å². The van der Waals surface area contributed by atoms with Crippen LogP contribution in [-0.2, 0) is 0 Å². The monoisotopic (exact) mass is 387 g/mol. The molecule has 2 saturated heterocycles. The normalized spacial score (nSPS) is 19.7. The standard InChI is InChI=1S/C21H29N3O2S/c1-15(2)23-7-5-17(6-8-23)26-18-4-3-16-13-20(22-19(16)14-18)21(25)24-9-11-27-12-10-24/h3-4,13-15,17,22H,5-12H2,1-2H3. The highest BCUT2D eigenvalue weighted by molar-refractivity contribution is 7.99. The van der Waals surface area contributed by atoms with Crippen LogP contribution in [0.2, 0.25) is 0 Å². The molecule has 1 N–H and O–H groups in total. The Balaban J connectivity index is 1.43. The first kappa shape index (κ1) is 18.7. The van der Waals surface area contributed by atoms with Gasteiger partial charge in [0.15, 0.2) is 0 Å². The smallest absolute Gasteiger partial charge is 0.270 e. The number of nitrogens with zero attached hydrogens (tertiary/aromatic N) is 2. The summed E-state index contributed by atoms with van der Waals surface area (Å²) in [5.41, 5.74) is 1.65. The summed E-state index contributed by atoms with van der Waals surface area (Å²) >= 11 is 1.91. The maximum absolute atomic E-state index is 12.7. The molecule has 0 radical (unpaired) electrons. The third-order valence-corrected chi connectivity index (χ3v) is 6.57. The van der Waals surface area contributed by atoms with E-state index in [-0.39, 0.29) is 12.0 Å². The Morgan fingerprint density at radius 3 is 2.59 bits per heavy atom. The Bertz CT molecular complexity index is 790. The largest absolute Gasteiger partial charge is 0.490 e. The Kier molecular flexibility index (Phi) is 5.64. The van der Waals surface area contributed by atoms with Crippen LogP contribution in [0.25, 0.3) is 10.9 Å². The second-order valence-electron chi connectivity index (χ2n) is 7.78. The van der Waals surface area contributed by atoms with Gasteiger partial charge in [-0.15, -0.1) is 0 Å². The van der Waals surface area contributed by atoms with Crippen molar-refractivity contribution in [2.24, 2.45) is 0 Å². The fraction of sp³-hybridized carbons (Fsp3) is 0.571. The second-order valence-corrected chi connectivity index (χ2v) is 9.01. The molecule has 5 nitrogen and oxygen atoms in total. The first-order valence-electron chi connectivity index (χ1n) is 10.0. The van der Waals surface area contributed by atoms with Crippen LogP contribution in [0, 0.1) is 0 Å². The Labute approximate surface area is 165 Å². The molecule has 2 aromatic rings. The third kappa shape index (κ3) is 4.27. The number of likely N-dealkylation sites (tertiary alicyclic amines) is 1. The maximum atomic E-state index is 12.7. The first-order chi connectivity index (χ1) is 13.1. The average Bonchev–Trinajstić information content (AvgIpc) is 3.12. The molecule has 146 valence electrons. The van der Waals surface area contributed by atoms with Gasteiger partial charge in [-0.2, -0.15) is 11.8 Å². The zero-order chi connectivity index (χ0) is 18.8. The van der Waals surface area contributed by atoms with Gasteiger partial charge in [-0.05, 0) is 44.9 Å². The predicted octanol–water partition coefficient (Wildman–Crippen LogP) is 3.61. The lowest BCUT2D eigenvalue weighted by molar-refractivity contribution is 0.0767. The van der Waals surface area contributed by atoms with E-state index >= 15 is 0 Å².